The lowest BCUT2D eigenvalue weighted by molar-refractivity contribution is -0.318. The maximum Gasteiger partial charge on any atom is 0.326 e. The van der Waals surface area contributed by atoms with Gasteiger partial charge in [-0.25, -0.2) is 4.79 Å². The summed E-state index contributed by atoms with van der Waals surface area (Å²) in [6.07, 6.45) is -4.88. The first-order chi connectivity index (χ1) is 24.1. The van der Waals surface area contributed by atoms with Crippen LogP contribution in [0.25, 0.3) is 0 Å². The fraction of sp³-hybridized carbons (Fsp3) is 0.500. The highest BCUT2D eigenvalue weighted by molar-refractivity contribution is 5.93. The third-order valence-electron chi connectivity index (χ3n) is 8.10. The molecule has 1 aliphatic heterocycles. The normalized spacial score (nSPS) is 21.9. The molecule has 51 heavy (non-hydrogen) atoms. The molecule has 0 saturated carbocycles. The molecule has 0 aromatic heterocycles. The Morgan fingerprint density at radius 3 is 2.04 bits per heavy atom. The number of aliphatic hydroxyl groups is 4. The van der Waals surface area contributed by atoms with E-state index in [2.05, 4.69) is 26.6 Å². The largest absolute Gasteiger partial charge is 0.508 e. The molecule has 1 saturated heterocycles. The van der Waals surface area contributed by atoms with Crippen molar-refractivity contribution in [3.8, 4) is 5.75 Å². The summed E-state index contributed by atoms with van der Waals surface area (Å²) in [6.45, 7) is 1.40. The fourth-order valence-electron chi connectivity index (χ4n) is 5.24. The number of phenols is 1. The average molecular weight is 718 g/mol. The van der Waals surface area contributed by atoms with Gasteiger partial charge in [-0.3, -0.25) is 19.2 Å². The summed E-state index contributed by atoms with van der Waals surface area (Å²) in [5.74, 6) is -6.59. The highest BCUT2D eigenvalue weighted by atomic mass is 16.6. The number of carbonyl (C=O) groups is 5. The van der Waals surface area contributed by atoms with Gasteiger partial charge in [0.05, 0.1) is 32.3 Å². The molecule has 1 fully saturated rings. The Morgan fingerprint density at radius 1 is 0.804 bits per heavy atom. The highest BCUT2D eigenvalue weighted by Gasteiger charge is 2.48. The molecule has 17 heteroatoms. The Morgan fingerprint density at radius 2 is 1.41 bits per heavy atom. The number of aliphatic hydroxyl groups excluding tert-OH is 3. The number of benzene rings is 2. The molecular weight excluding hydrogens is 670 g/mol. The monoisotopic (exact) mass is 717 g/mol. The van der Waals surface area contributed by atoms with Gasteiger partial charge < -0.3 is 62.0 Å². The van der Waals surface area contributed by atoms with Crippen molar-refractivity contribution in [3.63, 3.8) is 0 Å². The van der Waals surface area contributed by atoms with Gasteiger partial charge in [0.15, 0.2) is 0 Å². The van der Waals surface area contributed by atoms with E-state index in [-0.39, 0.29) is 30.9 Å². The van der Waals surface area contributed by atoms with Crippen LogP contribution in [0, 0.1) is 5.92 Å². The van der Waals surface area contributed by atoms with Crippen LogP contribution in [0.1, 0.15) is 31.4 Å². The molecule has 7 atom stereocenters. The summed E-state index contributed by atoms with van der Waals surface area (Å²) in [7, 11) is 0. The van der Waals surface area contributed by atoms with E-state index < -0.39 is 98.1 Å². The Hall–Kier alpha value is -4.65. The van der Waals surface area contributed by atoms with E-state index in [0.29, 0.717) is 11.1 Å². The first-order valence-corrected chi connectivity index (χ1v) is 16.4. The van der Waals surface area contributed by atoms with Crippen LogP contribution in [-0.4, -0.2) is 129 Å². The maximum atomic E-state index is 13.2. The predicted octanol–water partition coefficient (Wildman–Crippen LogP) is -2.73. The average Bonchev–Trinajstić information content (AvgIpc) is 3.09. The first kappa shape index (κ1) is 40.8. The molecule has 4 amide bonds. The van der Waals surface area contributed by atoms with Gasteiger partial charge in [-0.05, 0) is 42.0 Å². The van der Waals surface area contributed by atoms with E-state index in [0.717, 1.165) is 0 Å². The first-order valence-electron chi connectivity index (χ1n) is 16.4. The molecule has 1 heterocycles. The second-order valence-corrected chi connectivity index (χ2v) is 12.8. The standard InChI is InChI=1S/C34H47N5O12/c1-19(2)12-25(33(48)49)39-32(47)24(14-20-6-4-3-5-7-20)38-28(43)16-35-27(42)15-36-31(46)23(13-21-8-10-22(40)11-9-21)37-18-34(50)30(45)29(44)26(41)17-51-34/h3-11,19,23-26,29-30,37,40-41,44-45,50H,12-18H2,1-2H3,(H,35,42)(H,36,46)(H,38,43)(H,39,47)(H,48,49)/t23-,24-,25-,26+,29+,30-,34?/m0/s1. The Labute approximate surface area is 294 Å². The lowest BCUT2D eigenvalue weighted by Crippen LogP contribution is -2.65. The Bertz CT molecular complexity index is 1480. The molecule has 2 aromatic carbocycles. The number of carbonyl (C=O) groups excluding carboxylic acids is 4. The molecule has 11 N–H and O–H groups in total. The number of amides is 4. The zero-order valence-electron chi connectivity index (χ0n) is 28.3. The van der Waals surface area contributed by atoms with Gasteiger partial charge >= 0.3 is 5.97 Å². The topological polar surface area (TPSA) is 276 Å². The number of rotatable bonds is 18. The van der Waals surface area contributed by atoms with Gasteiger partial charge in [0.2, 0.25) is 29.4 Å². The number of hydrogen-bond donors (Lipinski definition) is 11. The van der Waals surface area contributed by atoms with E-state index in [1.807, 2.05) is 13.8 Å². The summed E-state index contributed by atoms with van der Waals surface area (Å²) < 4.78 is 5.14. The van der Waals surface area contributed by atoms with Gasteiger partial charge in [-0.1, -0.05) is 56.3 Å². The van der Waals surface area contributed by atoms with Crippen LogP contribution < -0.4 is 26.6 Å². The number of hydrogen-bond acceptors (Lipinski definition) is 12. The second-order valence-electron chi connectivity index (χ2n) is 12.8. The summed E-state index contributed by atoms with van der Waals surface area (Å²) in [4.78, 5) is 63.5. The van der Waals surface area contributed by atoms with Gasteiger partial charge in [0.25, 0.3) is 0 Å². The quantitative estimate of drug-likeness (QED) is 0.0749. The molecule has 1 aliphatic rings. The van der Waals surface area contributed by atoms with Gasteiger partial charge in [0, 0.05) is 6.42 Å². The molecule has 0 radical (unpaired) electrons. The van der Waals surface area contributed by atoms with E-state index >= 15 is 0 Å². The van der Waals surface area contributed by atoms with Crippen molar-refractivity contribution < 1.29 is 59.3 Å². The summed E-state index contributed by atoms with van der Waals surface area (Å²) >= 11 is 0. The van der Waals surface area contributed by atoms with Crippen LogP contribution in [0.15, 0.2) is 54.6 Å². The van der Waals surface area contributed by atoms with Crippen LogP contribution >= 0.6 is 0 Å². The van der Waals surface area contributed by atoms with Crippen LogP contribution in [-0.2, 0) is 41.6 Å². The third-order valence-corrected chi connectivity index (χ3v) is 8.10. The summed E-state index contributed by atoms with van der Waals surface area (Å²) in [6, 6.07) is 11.1. The Balaban J connectivity index is 1.59. The predicted molar refractivity (Wildman–Crippen MR) is 180 cm³/mol. The zero-order valence-corrected chi connectivity index (χ0v) is 28.3. The smallest absolute Gasteiger partial charge is 0.326 e. The molecule has 0 aliphatic carbocycles. The number of carboxylic acid groups (broad SMARTS) is 1. The van der Waals surface area contributed by atoms with E-state index in [1.54, 1.807) is 42.5 Å². The van der Waals surface area contributed by atoms with Crippen molar-refractivity contribution in [1.82, 2.24) is 26.6 Å². The number of ether oxygens (including phenoxy) is 1. The lowest BCUT2D eigenvalue weighted by atomic mass is 9.96. The van der Waals surface area contributed by atoms with E-state index in [4.69, 9.17) is 4.74 Å². The summed E-state index contributed by atoms with van der Waals surface area (Å²) in [5, 5.41) is 72.4. The SMILES string of the molecule is CC(C)C[C@H](NC(=O)[C@H](Cc1ccccc1)NC(=O)CNC(=O)CNC(=O)[C@H](Cc1ccc(O)cc1)NCC1(O)OC[C@@H](O)[C@@H](O)[C@@H]1O)C(=O)O. The van der Waals surface area contributed by atoms with Gasteiger partial charge in [-0.15, -0.1) is 0 Å². The van der Waals surface area contributed by atoms with Crippen molar-refractivity contribution in [2.24, 2.45) is 5.92 Å². The van der Waals surface area contributed by atoms with Crippen LogP contribution in [0.2, 0.25) is 0 Å². The van der Waals surface area contributed by atoms with E-state index in [9.17, 15) is 54.6 Å². The number of carboxylic acids is 1. The summed E-state index contributed by atoms with van der Waals surface area (Å²) in [5.41, 5.74) is 1.27. The molecule has 0 bridgehead atoms. The fourth-order valence-corrected chi connectivity index (χ4v) is 5.24. The number of nitrogens with one attached hydrogen (secondary N) is 5. The maximum absolute atomic E-state index is 13.2. The molecule has 3 rings (SSSR count). The Kier molecular flexibility index (Phi) is 15.3. The van der Waals surface area contributed by atoms with E-state index in [1.165, 1.54) is 12.1 Å². The number of aliphatic carboxylic acids is 1. The van der Waals surface area contributed by atoms with Crippen LogP contribution in [0.3, 0.4) is 0 Å². The van der Waals surface area contributed by atoms with Crippen LogP contribution in [0.4, 0.5) is 0 Å². The molecule has 0 spiro atoms. The highest BCUT2D eigenvalue weighted by Crippen LogP contribution is 2.24. The van der Waals surface area contributed by atoms with Gasteiger partial charge in [-0.2, -0.15) is 0 Å². The van der Waals surface area contributed by atoms with Crippen molar-refractivity contribution >= 4 is 29.6 Å². The molecule has 2 aromatic rings. The molecule has 280 valence electrons. The van der Waals surface area contributed by atoms with Crippen molar-refractivity contribution in [1.29, 1.82) is 0 Å². The van der Waals surface area contributed by atoms with Crippen LogP contribution in [0.5, 0.6) is 5.75 Å². The minimum Gasteiger partial charge on any atom is -0.508 e. The van der Waals surface area contributed by atoms with Crippen molar-refractivity contribution in [2.75, 3.05) is 26.2 Å². The number of phenolic OH excluding ortho intramolecular Hbond substituents is 1. The second kappa shape index (κ2) is 19.1. The van der Waals surface area contributed by atoms with Crippen molar-refractivity contribution in [2.45, 2.75) is 75.3 Å². The zero-order chi connectivity index (χ0) is 37.7. The van der Waals surface area contributed by atoms with Crippen molar-refractivity contribution in [3.05, 3.63) is 65.7 Å². The van der Waals surface area contributed by atoms with Gasteiger partial charge in [0.1, 0.15) is 36.1 Å². The number of aromatic hydroxyl groups is 1. The lowest BCUT2D eigenvalue weighted by Gasteiger charge is -2.42. The molecular formula is C34H47N5O12. The molecule has 1 unspecified atom stereocenters. The third kappa shape index (κ3) is 12.9. The minimum atomic E-state index is -2.37. The molecule has 17 nitrogen and oxygen atoms in total. The minimum absolute atomic E-state index is 0.0156.